The zero-order valence-electron chi connectivity index (χ0n) is 14.2. The van der Waals surface area contributed by atoms with Crippen molar-refractivity contribution >= 4 is 11.9 Å². The zero-order valence-corrected chi connectivity index (χ0v) is 14.2. The Labute approximate surface area is 146 Å². The number of carbonyl (C=O) groups excluding carboxylic acids is 2. The van der Waals surface area contributed by atoms with Gasteiger partial charge in [-0.05, 0) is 49.9 Å². The maximum atomic E-state index is 12.9. The van der Waals surface area contributed by atoms with Gasteiger partial charge in [0.1, 0.15) is 18.2 Å². The Kier molecular flexibility index (Phi) is 5.73. The van der Waals surface area contributed by atoms with Crippen LogP contribution in [0.3, 0.4) is 0 Å². The number of hydrogen-bond acceptors (Lipinski definition) is 3. The second-order valence-corrected chi connectivity index (χ2v) is 6.60. The van der Waals surface area contributed by atoms with Crippen molar-refractivity contribution in [3.8, 4) is 5.75 Å². The highest BCUT2D eigenvalue weighted by Gasteiger charge is 2.30. The molecular weight excluding hydrogens is 325 g/mol. The molecule has 1 aromatic carbocycles. The Morgan fingerprint density at radius 3 is 2.84 bits per heavy atom. The quantitative estimate of drug-likeness (QED) is 0.855. The maximum absolute atomic E-state index is 12.9. The van der Waals surface area contributed by atoms with Crippen LogP contribution < -0.4 is 15.4 Å². The first-order chi connectivity index (χ1) is 12.1. The lowest BCUT2D eigenvalue weighted by Crippen LogP contribution is -2.50. The topological polar surface area (TPSA) is 70.7 Å². The van der Waals surface area contributed by atoms with E-state index in [1.54, 1.807) is 17.0 Å². The Morgan fingerprint density at radius 2 is 2.08 bits per heavy atom. The van der Waals surface area contributed by atoms with Crippen LogP contribution in [0.15, 0.2) is 24.3 Å². The molecule has 2 N–H and O–H groups in total. The highest BCUT2D eigenvalue weighted by molar-refractivity contribution is 5.77. The van der Waals surface area contributed by atoms with E-state index in [0.29, 0.717) is 31.9 Å². The summed E-state index contributed by atoms with van der Waals surface area (Å²) in [7, 11) is 0. The van der Waals surface area contributed by atoms with Gasteiger partial charge in [0.25, 0.3) is 0 Å². The molecule has 2 aliphatic rings. The van der Waals surface area contributed by atoms with Crippen LogP contribution in [0, 0.1) is 5.82 Å². The van der Waals surface area contributed by atoms with Gasteiger partial charge in [0, 0.05) is 25.6 Å². The molecule has 0 spiro atoms. The fraction of sp³-hybridized carbons (Fsp3) is 0.556. The lowest BCUT2D eigenvalue weighted by Gasteiger charge is -2.28. The third-order valence-corrected chi connectivity index (χ3v) is 4.72. The average molecular weight is 349 g/mol. The van der Waals surface area contributed by atoms with Crippen LogP contribution in [0.25, 0.3) is 0 Å². The lowest BCUT2D eigenvalue weighted by molar-refractivity contribution is -0.123. The molecule has 2 saturated heterocycles. The first-order valence-electron chi connectivity index (χ1n) is 8.84. The van der Waals surface area contributed by atoms with Gasteiger partial charge in [0.05, 0.1) is 6.04 Å². The summed E-state index contributed by atoms with van der Waals surface area (Å²) in [5, 5.41) is 5.81. The van der Waals surface area contributed by atoms with E-state index in [1.807, 2.05) is 0 Å². The van der Waals surface area contributed by atoms with E-state index in [-0.39, 0.29) is 29.8 Å². The van der Waals surface area contributed by atoms with Crippen LogP contribution in [-0.2, 0) is 4.79 Å². The van der Waals surface area contributed by atoms with Gasteiger partial charge in [-0.3, -0.25) is 4.79 Å². The first kappa shape index (κ1) is 17.5. The summed E-state index contributed by atoms with van der Waals surface area (Å²) in [6.45, 7) is 1.53. The lowest BCUT2D eigenvalue weighted by atomic mass is 10.0. The molecule has 2 aliphatic heterocycles. The van der Waals surface area contributed by atoms with E-state index >= 15 is 0 Å². The van der Waals surface area contributed by atoms with Crippen molar-refractivity contribution in [2.45, 2.75) is 44.2 Å². The number of hydrogen-bond donors (Lipinski definition) is 2. The van der Waals surface area contributed by atoms with Crippen LogP contribution in [-0.4, -0.2) is 48.6 Å². The first-order valence-corrected chi connectivity index (χ1v) is 8.84. The third-order valence-electron chi connectivity index (χ3n) is 4.72. The molecule has 1 aromatic rings. The number of carbonyl (C=O) groups is 2. The normalized spacial score (nSPS) is 23.2. The Morgan fingerprint density at radius 1 is 1.28 bits per heavy atom. The van der Waals surface area contributed by atoms with Crippen LogP contribution in [0.4, 0.5) is 9.18 Å². The summed E-state index contributed by atoms with van der Waals surface area (Å²) in [6, 6.07) is 5.78. The minimum absolute atomic E-state index is 0.00556. The van der Waals surface area contributed by atoms with Crippen LogP contribution in [0.5, 0.6) is 5.75 Å². The number of piperidine rings is 1. The zero-order chi connectivity index (χ0) is 17.6. The molecule has 0 aromatic heterocycles. The number of likely N-dealkylation sites (tertiary alicyclic amines) is 1. The molecule has 0 saturated carbocycles. The van der Waals surface area contributed by atoms with Gasteiger partial charge in [-0.1, -0.05) is 0 Å². The molecule has 3 amide bonds. The van der Waals surface area contributed by atoms with Crippen molar-refractivity contribution < 1.29 is 18.7 Å². The molecule has 0 unspecified atom stereocenters. The van der Waals surface area contributed by atoms with Crippen molar-refractivity contribution in [2.75, 3.05) is 19.7 Å². The molecular formula is C18H24FN3O3. The van der Waals surface area contributed by atoms with Crippen molar-refractivity contribution in [3.63, 3.8) is 0 Å². The fourth-order valence-electron chi connectivity index (χ4n) is 3.35. The number of nitrogens with zero attached hydrogens (tertiary/aromatic N) is 1. The summed E-state index contributed by atoms with van der Waals surface area (Å²) in [4.78, 5) is 25.6. The van der Waals surface area contributed by atoms with Crippen molar-refractivity contribution in [1.82, 2.24) is 15.5 Å². The van der Waals surface area contributed by atoms with Gasteiger partial charge in [0.15, 0.2) is 0 Å². The smallest absolute Gasteiger partial charge is 0.317 e. The summed E-state index contributed by atoms with van der Waals surface area (Å²) in [5.41, 5.74) is 0. The van der Waals surface area contributed by atoms with E-state index in [1.165, 1.54) is 12.1 Å². The summed E-state index contributed by atoms with van der Waals surface area (Å²) in [6.07, 6.45) is 4.15. The fourth-order valence-corrected chi connectivity index (χ4v) is 3.35. The summed E-state index contributed by atoms with van der Waals surface area (Å²) in [5.74, 6) is 0.347. The molecule has 2 fully saturated rings. The van der Waals surface area contributed by atoms with E-state index in [2.05, 4.69) is 10.6 Å². The van der Waals surface area contributed by atoms with E-state index in [0.717, 1.165) is 25.7 Å². The number of ether oxygens (including phenoxy) is 1. The number of benzene rings is 1. The summed E-state index contributed by atoms with van der Waals surface area (Å²) >= 11 is 0. The average Bonchev–Trinajstić information content (AvgIpc) is 3.08. The molecule has 0 radical (unpaired) electrons. The minimum atomic E-state index is -0.302. The number of nitrogens with one attached hydrogen (secondary N) is 2. The van der Waals surface area contributed by atoms with E-state index in [9.17, 15) is 14.0 Å². The van der Waals surface area contributed by atoms with Gasteiger partial charge in [-0.2, -0.15) is 0 Å². The van der Waals surface area contributed by atoms with Crippen molar-refractivity contribution in [3.05, 3.63) is 30.1 Å². The van der Waals surface area contributed by atoms with Crippen LogP contribution >= 0.6 is 0 Å². The molecule has 2 heterocycles. The number of halogens is 1. The van der Waals surface area contributed by atoms with Crippen molar-refractivity contribution in [1.29, 1.82) is 0 Å². The highest BCUT2D eigenvalue weighted by Crippen LogP contribution is 2.19. The standard InChI is InChI=1S/C18H24FN3O3/c19-13-6-8-16(9-7-13)25-12-15-4-2-10-22(15)18(24)20-11-14-3-1-5-17(23)21-14/h6-9,14-15H,1-5,10-12H2,(H,20,24)(H,21,23)/t14-,15+/m1/s1. The SMILES string of the molecule is O=C1CCC[C@H](CNC(=O)N2CCC[C@H]2COc2ccc(F)cc2)N1. The maximum Gasteiger partial charge on any atom is 0.317 e. The van der Waals surface area contributed by atoms with Gasteiger partial charge in [0.2, 0.25) is 5.91 Å². The molecule has 0 bridgehead atoms. The van der Waals surface area contributed by atoms with Crippen LogP contribution in [0.1, 0.15) is 32.1 Å². The Balaban J connectivity index is 1.46. The summed E-state index contributed by atoms with van der Waals surface area (Å²) < 4.78 is 18.6. The Bertz CT molecular complexity index is 608. The van der Waals surface area contributed by atoms with Crippen molar-refractivity contribution in [2.24, 2.45) is 0 Å². The van der Waals surface area contributed by atoms with Crippen LogP contribution in [0.2, 0.25) is 0 Å². The third kappa shape index (κ3) is 4.84. The highest BCUT2D eigenvalue weighted by atomic mass is 19.1. The molecule has 2 atom stereocenters. The van der Waals surface area contributed by atoms with Gasteiger partial charge in [-0.25, -0.2) is 9.18 Å². The predicted octanol–water partition coefficient (Wildman–Crippen LogP) is 2.05. The second-order valence-electron chi connectivity index (χ2n) is 6.60. The minimum Gasteiger partial charge on any atom is -0.491 e. The number of rotatable bonds is 5. The van der Waals surface area contributed by atoms with E-state index in [4.69, 9.17) is 4.74 Å². The van der Waals surface area contributed by atoms with Gasteiger partial charge >= 0.3 is 6.03 Å². The van der Waals surface area contributed by atoms with E-state index < -0.39 is 0 Å². The largest absolute Gasteiger partial charge is 0.491 e. The Hall–Kier alpha value is -2.31. The number of amides is 3. The predicted molar refractivity (Wildman–Crippen MR) is 90.8 cm³/mol. The monoisotopic (exact) mass is 349 g/mol. The molecule has 136 valence electrons. The molecule has 0 aliphatic carbocycles. The van der Waals surface area contributed by atoms with Gasteiger partial charge < -0.3 is 20.3 Å². The molecule has 25 heavy (non-hydrogen) atoms. The van der Waals surface area contributed by atoms with Gasteiger partial charge in [-0.15, -0.1) is 0 Å². The number of urea groups is 1. The molecule has 3 rings (SSSR count). The molecule has 6 nitrogen and oxygen atoms in total. The molecule has 7 heteroatoms. The second kappa shape index (κ2) is 8.18.